The van der Waals surface area contributed by atoms with Gasteiger partial charge in [0.15, 0.2) is 0 Å². The fourth-order valence-corrected chi connectivity index (χ4v) is 5.10. The number of ether oxygens (including phenoxy) is 1. The predicted molar refractivity (Wildman–Crippen MR) is 124 cm³/mol. The monoisotopic (exact) mass is 429 g/mol. The van der Waals surface area contributed by atoms with Gasteiger partial charge in [0.25, 0.3) is 0 Å². The maximum absolute atomic E-state index is 5.39. The summed E-state index contributed by atoms with van der Waals surface area (Å²) in [5.41, 5.74) is 4.45. The van der Waals surface area contributed by atoms with Gasteiger partial charge in [-0.1, -0.05) is 25.3 Å². The van der Waals surface area contributed by atoms with E-state index in [9.17, 15) is 0 Å². The molecule has 0 atom stereocenters. The molecule has 4 aromatic rings. The van der Waals surface area contributed by atoms with Gasteiger partial charge in [-0.25, -0.2) is 15.0 Å². The average molecular weight is 430 g/mol. The maximum atomic E-state index is 5.39. The van der Waals surface area contributed by atoms with Crippen molar-refractivity contribution < 1.29 is 4.74 Å². The number of rotatable bonds is 4. The van der Waals surface area contributed by atoms with Crippen molar-refractivity contribution in [1.82, 2.24) is 29.8 Å². The van der Waals surface area contributed by atoms with Crippen LogP contribution >= 0.6 is 0 Å². The molecule has 1 saturated carbocycles. The Morgan fingerprint density at radius 2 is 1.97 bits per heavy atom. The van der Waals surface area contributed by atoms with E-state index >= 15 is 0 Å². The normalized spacial score (nSPS) is 16.9. The van der Waals surface area contributed by atoms with Gasteiger partial charge in [0.1, 0.15) is 11.5 Å². The second kappa shape index (κ2) is 8.02. The highest BCUT2D eigenvalue weighted by Gasteiger charge is 2.23. The minimum Gasteiger partial charge on any atom is -0.481 e. The van der Waals surface area contributed by atoms with Crippen molar-refractivity contribution in [2.45, 2.75) is 51.1 Å². The van der Waals surface area contributed by atoms with Gasteiger partial charge in [-0.2, -0.15) is 4.98 Å². The highest BCUT2D eigenvalue weighted by Crippen LogP contribution is 2.37. The molecule has 0 unspecified atom stereocenters. The molecule has 0 radical (unpaired) electrons. The summed E-state index contributed by atoms with van der Waals surface area (Å²) in [5.74, 6) is 1.96. The molecule has 164 valence electrons. The Morgan fingerprint density at radius 3 is 2.84 bits per heavy atom. The quantitative estimate of drug-likeness (QED) is 0.500. The van der Waals surface area contributed by atoms with Crippen molar-refractivity contribution in [3.05, 3.63) is 41.9 Å². The Morgan fingerprint density at radius 1 is 1.06 bits per heavy atom. The molecule has 0 amide bonds. The zero-order chi connectivity index (χ0) is 21.5. The van der Waals surface area contributed by atoms with Crippen LogP contribution in [-0.4, -0.2) is 38.2 Å². The smallest absolute Gasteiger partial charge is 0.230 e. The van der Waals surface area contributed by atoms with Gasteiger partial charge in [-0.3, -0.25) is 0 Å². The summed E-state index contributed by atoms with van der Waals surface area (Å²) in [7, 11) is 1.65. The van der Waals surface area contributed by atoms with E-state index in [2.05, 4.69) is 31.2 Å². The third-order valence-electron chi connectivity index (χ3n) is 6.72. The summed E-state index contributed by atoms with van der Waals surface area (Å²) in [4.78, 5) is 18.9. The van der Waals surface area contributed by atoms with Crippen molar-refractivity contribution in [3.8, 4) is 5.88 Å². The van der Waals surface area contributed by atoms with Crippen molar-refractivity contribution >= 4 is 33.7 Å². The van der Waals surface area contributed by atoms with E-state index < -0.39 is 0 Å². The van der Waals surface area contributed by atoms with E-state index in [0.29, 0.717) is 17.9 Å². The highest BCUT2D eigenvalue weighted by molar-refractivity contribution is 6.06. The first-order valence-corrected chi connectivity index (χ1v) is 11.5. The molecule has 0 bridgehead atoms. The fourth-order valence-electron chi connectivity index (χ4n) is 5.10. The second-order valence-corrected chi connectivity index (χ2v) is 8.69. The number of methoxy groups -OCH3 is 1. The van der Waals surface area contributed by atoms with Crippen LogP contribution in [0, 0.1) is 0 Å². The molecular formula is C24H27N7O. The Balaban J connectivity index is 1.44. The zero-order valence-corrected chi connectivity index (χ0v) is 18.3. The van der Waals surface area contributed by atoms with Crippen molar-refractivity contribution in [2.24, 2.45) is 0 Å². The molecule has 0 saturated heterocycles. The summed E-state index contributed by atoms with van der Waals surface area (Å²) in [6.07, 6.45) is 10.9. The number of hydrogen-bond donors (Lipinski definition) is 2. The first kappa shape index (κ1) is 19.4. The predicted octanol–water partition coefficient (Wildman–Crippen LogP) is 4.28. The number of nitrogens with one attached hydrogen (secondary N) is 2. The summed E-state index contributed by atoms with van der Waals surface area (Å²) in [5, 5.41) is 8.84. The molecule has 8 heteroatoms. The molecule has 1 aliphatic heterocycles. The third kappa shape index (κ3) is 3.35. The minimum atomic E-state index is 0.427. The molecule has 8 nitrogen and oxygen atoms in total. The molecule has 5 heterocycles. The van der Waals surface area contributed by atoms with Crippen molar-refractivity contribution in [1.29, 1.82) is 0 Å². The van der Waals surface area contributed by atoms with Crippen molar-refractivity contribution in [3.63, 3.8) is 0 Å². The third-order valence-corrected chi connectivity index (χ3v) is 6.72. The van der Waals surface area contributed by atoms with Gasteiger partial charge in [0.05, 0.1) is 18.8 Å². The van der Waals surface area contributed by atoms with Gasteiger partial charge >= 0.3 is 0 Å². The molecule has 6 rings (SSSR count). The Kier molecular flexibility index (Phi) is 4.87. The largest absolute Gasteiger partial charge is 0.481 e. The van der Waals surface area contributed by atoms with Gasteiger partial charge in [0.2, 0.25) is 11.8 Å². The number of anilines is 2. The van der Waals surface area contributed by atoms with Gasteiger partial charge in [-0.05, 0) is 24.5 Å². The number of hydrogen-bond acceptors (Lipinski definition) is 7. The average Bonchev–Trinajstić information content (AvgIpc) is 3.17. The summed E-state index contributed by atoms with van der Waals surface area (Å²) >= 11 is 0. The van der Waals surface area contributed by atoms with E-state index in [1.807, 2.05) is 24.5 Å². The molecule has 32 heavy (non-hydrogen) atoms. The first-order chi connectivity index (χ1) is 15.8. The molecule has 1 aliphatic carbocycles. The maximum Gasteiger partial charge on any atom is 0.230 e. The van der Waals surface area contributed by atoms with E-state index in [0.717, 1.165) is 65.8 Å². The molecular weight excluding hydrogens is 402 g/mol. The molecule has 4 aromatic heterocycles. The van der Waals surface area contributed by atoms with Gasteiger partial charge in [-0.15, -0.1) is 0 Å². The lowest BCUT2D eigenvalue weighted by Gasteiger charge is -2.24. The van der Waals surface area contributed by atoms with Crippen LogP contribution in [-0.2, 0) is 13.0 Å². The van der Waals surface area contributed by atoms with Crippen LogP contribution in [0.3, 0.4) is 0 Å². The zero-order valence-electron chi connectivity index (χ0n) is 18.3. The lowest BCUT2D eigenvalue weighted by molar-refractivity contribution is 0.365. The van der Waals surface area contributed by atoms with E-state index in [-0.39, 0.29) is 0 Å². The minimum absolute atomic E-state index is 0.427. The standard InChI is InChI=1S/C24H27N7O/c1-32-22-11-17-18-13-27-24(29-21-8-7-15-12-25-10-9-19(15)28-21)30-23(18)31(20(17)14-26-22)16-5-3-2-4-6-16/h7-8,11,13-14,16,25H,2-6,9-10,12H2,1H3,(H,27,28,29,30). The van der Waals surface area contributed by atoms with Crippen LogP contribution in [0.15, 0.2) is 30.6 Å². The van der Waals surface area contributed by atoms with Crippen LogP contribution in [0.25, 0.3) is 21.9 Å². The van der Waals surface area contributed by atoms with Crippen LogP contribution < -0.4 is 15.4 Å². The van der Waals surface area contributed by atoms with E-state index in [1.165, 1.54) is 24.8 Å². The van der Waals surface area contributed by atoms with Crippen LogP contribution in [0.4, 0.5) is 11.8 Å². The Bertz CT molecular complexity index is 1290. The Labute approximate surface area is 186 Å². The number of aromatic nitrogens is 5. The van der Waals surface area contributed by atoms with Gasteiger partial charge < -0.3 is 19.9 Å². The summed E-state index contributed by atoms with van der Waals surface area (Å²) < 4.78 is 7.76. The fraction of sp³-hybridized carbons (Fsp3) is 0.417. The Hall–Kier alpha value is -3.26. The SMILES string of the molecule is COc1cc2c3cnc(Nc4ccc5c(n4)CCNC5)nc3n(C3CCCCC3)c2cn1. The highest BCUT2D eigenvalue weighted by atomic mass is 16.5. The van der Waals surface area contributed by atoms with Crippen LogP contribution in [0.1, 0.15) is 49.4 Å². The van der Waals surface area contributed by atoms with E-state index in [4.69, 9.17) is 14.7 Å². The lowest BCUT2D eigenvalue weighted by Crippen LogP contribution is -2.24. The molecule has 2 aliphatic rings. The van der Waals surface area contributed by atoms with Gasteiger partial charge in [0, 0.05) is 54.3 Å². The number of fused-ring (bicyclic) bond motifs is 4. The topological polar surface area (TPSA) is 89.8 Å². The molecule has 2 N–H and O–H groups in total. The lowest BCUT2D eigenvalue weighted by atomic mass is 9.95. The molecule has 0 aromatic carbocycles. The second-order valence-electron chi connectivity index (χ2n) is 8.69. The van der Waals surface area contributed by atoms with Crippen LogP contribution in [0.2, 0.25) is 0 Å². The van der Waals surface area contributed by atoms with E-state index in [1.54, 1.807) is 7.11 Å². The number of nitrogens with zero attached hydrogens (tertiary/aromatic N) is 5. The van der Waals surface area contributed by atoms with Crippen LogP contribution in [0.5, 0.6) is 5.88 Å². The molecule has 0 spiro atoms. The summed E-state index contributed by atoms with van der Waals surface area (Å²) in [6.45, 7) is 1.84. The first-order valence-electron chi connectivity index (χ1n) is 11.5. The van der Waals surface area contributed by atoms with Crippen molar-refractivity contribution in [2.75, 3.05) is 19.0 Å². The number of pyridine rings is 2. The molecule has 1 fully saturated rings. The summed E-state index contributed by atoms with van der Waals surface area (Å²) in [6, 6.07) is 6.56.